The van der Waals surface area contributed by atoms with Crippen LogP contribution >= 0.6 is 0 Å². The molecule has 3 nitrogen and oxygen atoms in total. The Bertz CT molecular complexity index is 597. The number of nitrogens with one attached hydrogen (secondary N) is 1. The van der Waals surface area contributed by atoms with Crippen molar-refractivity contribution in [2.24, 2.45) is 0 Å². The summed E-state index contributed by atoms with van der Waals surface area (Å²) in [6.07, 6.45) is 1.61. The van der Waals surface area contributed by atoms with Gasteiger partial charge < -0.3 is 5.32 Å². The first-order valence-corrected chi connectivity index (χ1v) is 5.92. The Hall–Kier alpha value is -1.88. The van der Waals surface area contributed by atoms with E-state index >= 15 is 0 Å². The normalized spacial score (nSPS) is 11.6. The van der Waals surface area contributed by atoms with E-state index in [4.69, 9.17) is 0 Å². The van der Waals surface area contributed by atoms with Gasteiger partial charge in [-0.15, -0.1) is 0 Å². The van der Waals surface area contributed by atoms with Crippen molar-refractivity contribution in [3.05, 3.63) is 47.9 Å². The summed E-state index contributed by atoms with van der Waals surface area (Å²) in [7, 11) is 1.81. The van der Waals surface area contributed by atoms with E-state index < -0.39 is 17.2 Å². The van der Waals surface area contributed by atoms with Crippen LogP contribution in [0.1, 0.15) is 19.7 Å². The summed E-state index contributed by atoms with van der Waals surface area (Å²) in [5, 5.41) is 3.10. The minimum atomic E-state index is -0.884. The van der Waals surface area contributed by atoms with Crippen LogP contribution < -0.4 is 5.32 Å². The third-order valence-corrected chi connectivity index (χ3v) is 3.05. The van der Waals surface area contributed by atoms with Gasteiger partial charge in [0.15, 0.2) is 11.6 Å². The Morgan fingerprint density at radius 3 is 2.47 bits per heavy atom. The van der Waals surface area contributed by atoms with E-state index in [1.165, 1.54) is 6.07 Å². The summed E-state index contributed by atoms with van der Waals surface area (Å²) in [6.45, 7) is 3.88. The molecule has 0 amide bonds. The summed E-state index contributed by atoms with van der Waals surface area (Å²) in [4.78, 5) is 8.60. The van der Waals surface area contributed by atoms with Gasteiger partial charge in [0.1, 0.15) is 5.82 Å². The highest BCUT2D eigenvalue weighted by Gasteiger charge is 2.21. The van der Waals surface area contributed by atoms with E-state index in [1.807, 2.05) is 20.9 Å². The molecule has 19 heavy (non-hydrogen) atoms. The number of hydrogen-bond acceptors (Lipinski definition) is 3. The molecular formula is C14H15F2N3. The molecule has 0 saturated carbocycles. The molecule has 0 spiro atoms. The SMILES string of the molecule is CNC(C)(C)c1nccc(-c2ccc(F)c(F)c2)n1. The largest absolute Gasteiger partial charge is 0.308 e. The predicted molar refractivity (Wildman–Crippen MR) is 69.5 cm³/mol. The van der Waals surface area contributed by atoms with E-state index in [2.05, 4.69) is 15.3 Å². The summed E-state index contributed by atoms with van der Waals surface area (Å²) in [5.74, 6) is -1.16. The summed E-state index contributed by atoms with van der Waals surface area (Å²) < 4.78 is 26.2. The van der Waals surface area contributed by atoms with Gasteiger partial charge in [-0.05, 0) is 45.2 Å². The lowest BCUT2D eigenvalue weighted by atomic mass is 10.0. The van der Waals surface area contributed by atoms with Crippen LogP contribution in [0.15, 0.2) is 30.5 Å². The first-order chi connectivity index (χ1) is 8.94. The summed E-state index contributed by atoms with van der Waals surface area (Å²) >= 11 is 0. The van der Waals surface area contributed by atoms with Gasteiger partial charge in [-0.1, -0.05) is 0 Å². The Labute approximate surface area is 110 Å². The molecule has 0 aliphatic carbocycles. The lowest BCUT2D eigenvalue weighted by molar-refractivity contribution is 0.417. The monoisotopic (exact) mass is 263 g/mol. The van der Waals surface area contributed by atoms with Crippen molar-refractivity contribution in [1.82, 2.24) is 15.3 Å². The van der Waals surface area contributed by atoms with Crippen LogP contribution in [0.3, 0.4) is 0 Å². The molecule has 0 bridgehead atoms. The smallest absolute Gasteiger partial charge is 0.159 e. The minimum absolute atomic E-state index is 0.394. The fourth-order valence-corrected chi connectivity index (χ4v) is 1.59. The number of hydrogen-bond donors (Lipinski definition) is 1. The minimum Gasteiger partial charge on any atom is -0.308 e. The standard InChI is InChI=1S/C14H15F2N3/c1-14(2,17-3)13-18-7-6-12(19-13)9-4-5-10(15)11(16)8-9/h4-8,17H,1-3H3. The zero-order chi connectivity index (χ0) is 14.0. The van der Waals surface area contributed by atoms with Crippen molar-refractivity contribution >= 4 is 0 Å². The molecule has 0 aliphatic heterocycles. The summed E-state index contributed by atoms with van der Waals surface area (Å²) in [5.41, 5.74) is 0.691. The molecule has 1 N–H and O–H groups in total. The van der Waals surface area contributed by atoms with Crippen molar-refractivity contribution in [2.75, 3.05) is 7.05 Å². The predicted octanol–water partition coefficient (Wildman–Crippen LogP) is 2.88. The number of halogens is 2. The van der Waals surface area contributed by atoms with E-state index in [0.717, 1.165) is 12.1 Å². The second-order valence-corrected chi connectivity index (χ2v) is 4.77. The average molecular weight is 263 g/mol. The van der Waals surface area contributed by atoms with Gasteiger partial charge in [-0.2, -0.15) is 0 Å². The molecule has 0 atom stereocenters. The second-order valence-electron chi connectivity index (χ2n) is 4.77. The molecule has 2 aromatic rings. The molecule has 0 radical (unpaired) electrons. The molecule has 0 fully saturated rings. The van der Waals surface area contributed by atoms with E-state index in [-0.39, 0.29) is 0 Å². The molecule has 100 valence electrons. The van der Waals surface area contributed by atoms with Crippen LogP contribution in [0.2, 0.25) is 0 Å². The van der Waals surface area contributed by atoms with Crippen molar-refractivity contribution in [3.8, 4) is 11.3 Å². The Kier molecular flexibility index (Phi) is 3.57. The van der Waals surface area contributed by atoms with Gasteiger partial charge >= 0.3 is 0 Å². The van der Waals surface area contributed by atoms with Gasteiger partial charge in [-0.3, -0.25) is 0 Å². The molecule has 5 heteroatoms. The average Bonchev–Trinajstić information content (AvgIpc) is 2.42. The van der Waals surface area contributed by atoms with Crippen molar-refractivity contribution in [3.63, 3.8) is 0 Å². The second kappa shape index (κ2) is 5.01. The molecule has 2 rings (SSSR count). The Morgan fingerprint density at radius 2 is 1.84 bits per heavy atom. The highest BCUT2D eigenvalue weighted by atomic mass is 19.2. The van der Waals surface area contributed by atoms with Crippen LogP contribution in [0.4, 0.5) is 8.78 Å². The molecule has 0 unspecified atom stereocenters. The van der Waals surface area contributed by atoms with Crippen molar-refractivity contribution < 1.29 is 8.78 Å². The first-order valence-electron chi connectivity index (χ1n) is 5.92. The van der Waals surface area contributed by atoms with Gasteiger partial charge in [0.2, 0.25) is 0 Å². The highest BCUT2D eigenvalue weighted by molar-refractivity contribution is 5.58. The zero-order valence-electron chi connectivity index (χ0n) is 11.0. The van der Waals surface area contributed by atoms with Gasteiger partial charge in [0.25, 0.3) is 0 Å². The lowest BCUT2D eigenvalue weighted by Gasteiger charge is -2.22. The zero-order valence-corrected chi connectivity index (χ0v) is 11.0. The number of benzene rings is 1. The van der Waals surface area contributed by atoms with E-state index in [9.17, 15) is 8.78 Å². The molecule has 1 aromatic heterocycles. The van der Waals surface area contributed by atoms with Gasteiger partial charge in [0, 0.05) is 11.8 Å². The number of aromatic nitrogens is 2. The van der Waals surface area contributed by atoms with Crippen molar-refractivity contribution in [2.45, 2.75) is 19.4 Å². The summed E-state index contributed by atoms with van der Waals surface area (Å²) in [6, 6.07) is 5.39. The maximum absolute atomic E-state index is 13.2. The number of rotatable bonds is 3. The maximum Gasteiger partial charge on any atom is 0.159 e. The third-order valence-electron chi connectivity index (χ3n) is 3.05. The van der Waals surface area contributed by atoms with Gasteiger partial charge in [0.05, 0.1) is 11.2 Å². The van der Waals surface area contributed by atoms with Gasteiger partial charge in [-0.25, -0.2) is 18.7 Å². The molecule has 1 heterocycles. The lowest BCUT2D eigenvalue weighted by Crippen LogP contribution is -2.35. The maximum atomic E-state index is 13.2. The molecule has 0 aliphatic rings. The van der Waals surface area contributed by atoms with Crippen LogP contribution in [0.5, 0.6) is 0 Å². The fraction of sp³-hybridized carbons (Fsp3) is 0.286. The Balaban J connectivity index is 2.46. The Morgan fingerprint density at radius 1 is 1.11 bits per heavy atom. The van der Waals surface area contributed by atoms with Crippen LogP contribution in [0, 0.1) is 11.6 Å². The topological polar surface area (TPSA) is 37.8 Å². The van der Waals surface area contributed by atoms with Crippen LogP contribution in [0.25, 0.3) is 11.3 Å². The first kappa shape index (κ1) is 13.5. The van der Waals surface area contributed by atoms with E-state index in [0.29, 0.717) is 17.1 Å². The highest BCUT2D eigenvalue weighted by Crippen LogP contribution is 2.22. The number of nitrogens with zero attached hydrogens (tertiary/aromatic N) is 2. The molecular weight excluding hydrogens is 248 g/mol. The van der Waals surface area contributed by atoms with Crippen molar-refractivity contribution in [1.29, 1.82) is 0 Å². The van der Waals surface area contributed by atoms with Crippen LogP contribution in [-0.4, -0.2) is 17.0 Å². The van der Waals surface area contributed by atoms with Crippen LogP contribution in [-0.2, 0) is 5.54 Å². The third kappa shape index (κ3) is 2.76. The van der Waals surface area contributed by atoms with E-state index in [1.54, 1.807) is 12.3 Å². The fourth-order valence-electron chi connectivity index (χ4n) is 1.59. The quantitative estimate of drug-likeness (QED) is 0.925. The molecule has 1 aromatic carbocycles. The molecule has 0 saturated heterocycles.